The summed E-state index contributed by atoms with van der Waals surface area (Å²) in [5.74, 6) is 0. The van der Waals surface area contributed by atoms with Crippen LogP contribution in [0.3, 0.4) is 0 Å². The van der Waals surface area contributed by atoms with Crippen LogP contribution in [0.15, 0.2) is 461 Å². The summed E-state index contributed by atoms with van der Waals surface area (Å²) < 4.78 is 0. The molecule has 0 heterocycles. The van der Waals surface area contributed by atoms with Crippen LogP contribution < -0.4 is 9.80 Å². The highest BCUT2D eigenvalue weighted by Crippen LogP contribution is 2.57. The van der Waals surface area contributed by atoms with Crippen LogP contribution in [-0.4, -0.2) is 0 Å². The van der Waals surface area contributed by atoms with Gasteiger partial charge >= 0.3 is 0 Å². The minimum absolute atomic E-state index is 1.03. The Bertz CT molecular complexity index is 6880. The Labute approximate surface area is 666 Å². The Hall–Kier alpha value is -15.0. The molecule has 0 radical (unpaired) electrons. The van der Waals surface area contributed by atoms with Crippen molar-refractivity contribution in [1.82, 2.24) is 0 Å². The summed E-state index contributed by atoms with van der Waals surface area (Å²) in [4.78, 5) is 5.17. The summed E-state index contributed by atoms with van der Waals surface area (Å²) in [6.07, 6.45) is 0. The molecule has 0 amide bonds. The van der Waals surface area contributed by atoms with Crippen LogP contribution in [0.25, 0.3) is 165 Å². The van der Waals surface area contributed by atoms with E-state index in [1.165, 1.54) is 32.5 Å². The lowest BCUT2D eigenvalue weighted by molar-refractivity contribution is 1.30. The average molecular weight is 1450 g/mol. The summed E-state index contributed by atoms with van der Waals surface area (Å²) in [6.45, 7) is 0. The zero-order chi connectivity index (χ0) is 75.7. The maximum absolute atomic E-state index is 2.59. The van der Waals surface area contributed by atoms with Gasteiger partial charge in [0.1, 0.15) is 0 Å². The number of anilines is 6. The van der Waals surface area contributed by atoms with E-state index in [-0.39, 0.29) is 0 Å². The second-order valence-corrected chi connectivity index (χ2v) is 29.3. The highest BCUT2D eigenvalue weighted by Gasteiger charge is 2.31. The first-order valence-electron chi connectivity index (χ1n) is 39.3. The second kappa shape index (κ2) is 30.1. The Morgan fingerprint density at radius 1 is 0.123 bits per heavy atom. The van der Waals surface area contributed by atoms with Crippen molar-refractivity contribution in [1.29, 1.82) is 0 Å². The van der Waals surface area contributed by atoms with Crippen molar-refractivity contribution in [3.05, 3.63) is 461 Å². The van der Waals surface area contributed by atoms with Crippen molar-refractivity contribution in [2.24, 2.45) is 0 Å². The first-order chi connectivity index (χ1) is 56.6. The van der Waals surface area contributed by atoms with Crippen LogP contribution in [0, 0.1) is 0 Å². The summed E-state index contributed by atoms with van der Waals surface area (Å²) in [5.41, 5.74) is 31.2. The number of nitrogens with zero attached hydrogens (tertiary/aromatic N) is 2. The summed E-state index contributed by atoms with van der Waals surface area (Å²) in [6, 6.07) is 170. The molecule has 0 bridgehead atoms. The molecule has 114 heavy (non-hydrogen) atoms. The number of hydrogen-bond acceptors (Lipinski definition) is 2. The fraction of sp³-hybridized carbons (Fsp3) is 0. The van der Waals surface area contributed by atoms with E-state index in [9.17, 15) is 0 Å². The Morgan fingerprint density at radius 2 is 0.439 bits per heavy atom. The first-order valence-corrected chi connectivity index (χ1v) is 39.3. The quantitative estimate of drug-likeness (QED) is 0.0839. The van der Waals surface area contributed by atoms with Crippen molar-refractivity contribution in [2.75, 3.05) is 9.80 Å². The molecule has 20 rings (SSSR count). The first kappa shape index (κ1) is 68.3. The van der Waals surface area contributed by atoms with Crippen molar-refractivity contribution < 1.29 is 0 Å². The van der Waals surface area contributed by atoms with E-state index in [1.807, 2.05) is 0 Å². The zero-order valence-corrected chi connectivity index (χ0v) is 62.8. The zero-order valence-electron chi connectivity index (χ0n) is 62.8. The molecule has 0 N–H and O–H groups in total. The van der Waals surface area contributed by atoms with Crippen molar-refractivity contribution in [2.45, 2.75) is 0 Å². The number of fused-ring (bicyclic) bond motifs is 6. The van der Waals surface area contributed by atoms with Crippen LogP contribution in [0.5, 0.6) is 0 Å². The summed E-state index contributed by atoms with van der Waals surface area (Å²) >= 11 is 0. The Balaban J connectivity index is 0.823. The summed E-state index contributed by atoms with van der Waals surface area (Å²) in [5, 5.41) is 9.34. The molecular weight excluding hydrogens is 1370 g/mol. The Kier molecular flexibility index (Phi) is 18.1. The van der Waals surface area contributed by atoms with Gasteiger partial charge in [-0.25, -0.2) is 0 Å². The highest BCUT2D eigenvalue weighted by molar-refractivity contribution is 6.25. The van der Waals surface area contributed by atoms with Gasteiger partial charge in [-0.2, -0.15) is 0 Å². The van der Waals surface area contributed by atoms with Crippen LogP contribution in [-0.2, 0) is 0 Å². The van der Waals surface area contributed by atoms with Crippen LogP contribution in [0.2, 0.25) is 0 Å². The molecule has 20 aromatic rings. The predicted molar refractivity (Wildman–Crippen MR) is 486 cm³/mol. The van der Waals surface area contributed by atoms with Crippen molar-refractivity contribution in [3.8, 4) is 122 Å². The molecular formula is C112H76N2. The van der Waals surface area contributed by atoms with E-state index in [0.717, 1.165) is 167 Å². The molecule has 0 spiro atoms. The lowest BCUT2D eigenvalue weighted by atomic mass is 9.85. The maximum Gasteiger partial charge on any atom is 0.0625 e. The number of hydrogen-bond donors (Lipinski definition) is 0. The van der Waals surface area contributed by atoms with Gasteiger partial charge < -0.3 is 9.80 Å². The van der Waals surface area contributed by atoms with E-state index in [0.29, 0.717) is 0 Å². The van der Waals surface area contributed by atoms with E-state index in [2.05, 4.69) is 471 Å². The molecule has 0 unspecified atom stereocenters. The van der Waals surface area contributed by atoms with E-state index < -0.39 is 0 Å². The van der Waals surface area contributed by atoms with Gasteiger partial charge in [0.05, 0.1) is 22.7 Å². The molecule has 2 nitrogen and oxygen atoms in total. The van der Waals surface area contributed by atoms with Gasteiger partial charge in [0.25, 0.3) is 0 Å². The third-order valence-corrected chi connectivity index (χ3v) is 22.6. The number of para-hydroxylation sites is 1. The molecule has 0 fully saturated rings. The lowest BCUT2D eigenvalue weighted by Crippen LogP contribution is -2.14. The molecule has 20 aromatic carbocycles. The van der Waals surface area contributed by atoms with Gasteiger partial charge in [0, 0.05) is 44.4 Å². The van der Waals surface area contributed by atoms with Gasteiger partial charge in [-0.3, -0.25) is 0 Å². The van der Waals surface area contributed by atoms with Gasteiger partial charge in [0.2, 0.25) is 0 Å². The van der Waals surface area contributed by atoms with E-state index in [4.69, 9.17) is 0 Å². The normalized spacial score (nSPS) is 11.3. The monoisotopic (exact) mass is 1450 g/mol. The average Bonchev–Trinajstić information content (AvgIpc) is 0.723. The maximum atomic E-state index is 2.59. The molecule has 0 aliphatic rings. The molecule has 0 aliphatic heterocycles. The minimum atomic E-state index is 1.03. The lowest BCUT2D eigenvalue weighted by Gasteiger charge is -2.33. The van der Waals surface area contributed by atoms with Crippen LogP contribution in [0.1, 0.15) is 0 Å². The van der Waals surface area contributed by atoms with Crippen molar-refractivity contribution >= 4 is 77.2 Å². The molecule has 2 heteroatoms. The number of rotatable bonds is 17. The molecule has 0 atom stereocenters. The highest BCUT2D eigenvalue weighted by atomic mass is 15.2. The smallest absolute Gasteiger partial charge is 0.0625 e. The van der Waals surface area contributed by atoms with Crippen LogP contribution in [0.4, 0.5) is 34.1 Å². The fourth-order valence-corrected chi connectivity index (χ4v) is 17.4. The van der Waals surface area contributed by atoms with Gasteiger partial charge in [-0.05, 0) is 193 Å². The van der Waals surface area contributed by atoms with E-state index >= 15 is 0 Å². The predicted octanol–water partition coefficient (Wildman–Crippen LogP) is 31.6. The largest absolute Gasteiger partial charge is 0.309 e. The van der Waals surface area contributed by atoms with Crippen molar-refractivity contribution in [3.63, 3.8) is 0 Å². The Morgan fingerprint density at radius 3 is 0.974 bits per heavy atom. The van der Waals surface area contributed by atoms with Gasteiger partial charge in [-0.15, -0.1) is 0 Å². The molecule has 534 valence electrons. The summed E-state index contributed by atoms with van der Waals surface area (Å²) in [7, 11) is 0. The van der Waals surface area contributed by atoms with Crippen LogP contribution >= 0.6 is 0 Å². The number of benzene rings is 20. The SMILES string of the molecule is c1ccc(-c2cccc(-c3c(N(c4ccc(-c5ccccc5)c(-c5ccccc5)c4)c4ccc(-c5cccc(-c6ccccc6-c6c(N(c7cc(-c8ccccc8)cc(-c8ccccc8)c7)c7ccccc7-c7ccccc7)c7ccccc7c7ccccc67)c5)cc4-c4ccccc4)c4ccccc4c4ccccc34)c2)cc1. The standard InChI is InChI=1S/C112H76N2/c1-8-36-77(37-9-1)84-50-35-53-88(71-84)109-101-61-28-23-56-96(101)98-58-25-30-63-103(98)111(109)113(91-67-68-94(80-42-14-4-15-43-80)105(76-91)82-46-18-6-19-47-82)108-69-66-86(75-106(108)83-48-20-7-21-49-83)85-51-34-52-87(70-85)93-54-22-27-60-100(93)110-102-62-29-24-57-97(102)99-59-26-31-64-104(99)112(110)114(107-65-33-32-55-95(107)81-44-16-5-17-45-81)92-73-89(78-38-10-2-11-39-78)72-90(74-92)79-40-12-3-13-41-79/h1-76H. The topological polar surface area (TPSA) is 6.48 Å². The molecule has 0 saturated heterocycles. The fourth-order valence-electron chi connectivity index (χ4n) is 17.4. The molecule has 0 saturated carbocycles. The molecule has 0 aliphatic carbocycles. The third kappa shape index (κ3) is 12.7. The van der Waals surface area contributed by atoms with Gasteiger partial charge in [0.15, 0.2) is 0 Å². The van der Waals surface area contributed by atoms with E-state index in [1.54, 1.807) is 0 Å². The van der Waals surface area contributed by atoms with Gasteiger partial charge in [-0.1, -0.05) is 400 Å². The molecule has 0 aromatic heterocycles. The second-order valence-electron chi connectivity index (χ2n) is 29.3. The minimum Gasteiger partial charge on any atom is -0.309 e. The third-order valence-electron chi connectivity index (χ3n) is 22.6.